The zero-order valence-electron chi connectivity index (χ0n) is 18.7. The number of hydrogen-bond acceptors (Lipinski definition) is 8. The van der Waals surface area contributed by atoms with Crippen molar-refractivity contribution in [1.29, 1.82) is 0 Å². The molecule has 0 radical (unpaired) electrons. The Morgan fingerprint density at radius 1 is 1.14 bits per heavy atom. The number of fused-ring (bicyclic) bond motifs is 1. The third-order valence-corrected chi connectivity index (χ3v) is 6.20. The van der Waals surface area contributed by atoms with Crippen molar-refractivity contribution < 1.29 is 23.5 Å². The Bertz CT molecular complexity index is 1420. The van der Waals surface area contributed by atoms with Crippen molar-refractivity contribution in [3.05, 3.63) is 54.7 Å². The number of thiocarbonyl (C=S) groups is 1. The molecule has 2 N–H and O–H groups in total. The van der Waals surface area contributed by atoms with Gasteiger partial charge >= 0.3 is 5.97 Å². The van der Waals surface area contributed by atoms with Crippen LogP contribution in [0.4, 0.5) is 10.1 Å². The maximum Gasteiger partial charge on any atom is 0.306 e. The number of esters is 1. The van der Waals surface area contributed by atoms with Crippen molar-refractivity contribution in [2.75, 3.05) is 12.4 Å². The van der Waals surface area contributed by atoms with Gasteiger partial charge in [0.25, 0.3) is 0 Å². The summed E-state index contributed by atoms with van der Waals surface area (Å²) in [5.74, 6) is -0.305. The number of benzene rings is 1. The van der Waals surface area contributed by atoms with Gasteiger partial charge in [0.15, 0.2) is 16.7 Å². The minimum Gasteiger partial charge on any atom is -0.469 e. The van der Waals surface area contributed by atoms with Crippen molar-refractivity contribution >= 4 is 56.4 Å². The first-order valence-electron chi connectivity index (χ1n) is 10.4. The van der Waals surface area contributed by atoms with Crippen LogP contribution < -0.4 is 15.4 Å². The second-order valence-corrected chi connectivity index (χ2v) is 8.78. The predicted molar refractivity (Wildman–Crippen MR) is 134 cm³/mol. The zero-order chi connectivity index (χ0) is 24.9. The molecule has 0 saturated heterocycles. The summed E-state index contributed by atoms with van der Waals surface area (Å²) in [6.45, 7) is 0. The summed E-state index contributed by atoms with van der Waals surface area (Å²) >= 11 is 6.53. The number of aryl methyl sites for hydroxylation is 1. The highest BCUT2D eigenvalue weighted by molar-refractivity contribution is 7.80. The topological polar surface area (TPSA) is 107 Å². The lowest BCUT2D eigenvalue weighted by atomic mass is 10.3. The number of halogens is 1. The minimum atomic E-state index is -0.624. The van der Waals surface area contributed by atoms with E-state index in [1.807, 2.05) is 23.9 Å². The summed E-state index contributed by atoms with van der Waals surface area (Å²) < 4.78 is 27.8. The van der Waals surface area contributed by atoms with Gasteiger partial charge in [-0.1, -0.05) is 0 Å². The second-order valence-electron chi connectivity index (χ2n) is 7.32. The molecule has 180 valence electrons. The number of carbonyl (C=O) groups is 2. The molecule has 4 rings (SSSR count). The molecule has 35 heavy (non-hydrogen) atoms. The Labute approximate surface area is 208 Å². The van der Waals surface area contributed by atoms with Gasteiger partial charge in [0.2, 0.25) is 5.91 Å². The maximum atomic E-state index is 14.8. The third-order valence-electron chi connectivity index (χ3n) is 4.86. The molecule has 0 bridgehead atoms. The molecule has 9 nitrogen and oxygen atoms in total. The predicted octanol–water partition coefficient (Wildman–Crippen LogP) is 4.39. The monoisotopic (exact) mass is 513 g/mol. The van der Waals surface area contributed by atoms with E-state index in [0.29, 0.717) is 11.4 Å². The van der Waals surface area contributed by atoms with Crippen LogP contribution in [0.1, 0.15) is 12.8 Å². The number of anilines is 1. The summed E-state index contributed by atoms with van der Waals surface area (Å²) in [6, 6.07) is 7.81. The van der Waals surface area contributed by atoms with Crippen molar-refractivity contribution in [2.24, 2.45) is 7.05 Å². The number of aromatic nitrogens is 3. The second kappa shape index (κ2) is 10.6. The molecule has 0 unspecified atom stereocenters. The lowest BCUT2D eigenvalue weighted by molar-refractivity contribution is -0.142. The maximum absolute atomic E-state index is 14.8. The van der Waals surface area contributed by atoms with E-state index < -0.39 is 17.7 Å². The molecule has 0 aliphatic rings. The number of nitrogens with one attached hydrogen (secondary N) is 2. The number of ether oxygens (including phenoxy) is 2. The molecule has 4 aromatic rings. The smallest absolute Gasteiger partial charge is 0.306 e. The van der Waals surface area contributed by atoms with Gasteiger partial charge in [0.1, 0.15) is 11.6 Å². The number of amides is 1. The zero-order valence-corrected chi connectivity index (χ0v) is 20.3. The highest BCUT2D eigenvalue weighted by atomic mass is 32.1. The van der Waals surface area contributed by atoms with Crippen LogP contribution in [0, 0.1) is 5.82 Å². The fourth-order valence-corrected chi connectivity index (χ4v) is 4.49. The van der Waals surface area contributed by atoms with E-state index in [0.717, 1.165) is 20.9 Å². The summed E-state index contributed by atoms with van der Waals surface area (Å²) in [5.41, 5.74) is 1.04. The average Bonchev–Trinajstić information content (AvgIpc) is 3.45. The molecule has 3 aromatic heterocycles. The molecule has 1 aromatic carbocycles. The fourth-order valence-electron chi connectivity index (χ4n) is 3.16. The van der Waals surface area contributed by atoms with E-state index in [-0.39, 0.29) is 23.7 Å². The van der Waals surface area contributed by atoms with E-state index in [2.05, 4.69) is 25.3 Å². The highest BCUT2D eigenvalue weighted by Gasteiger charge is 2.15. The van der Waals surface area contributed by atoms with E-state index in [9.17, 15) is 14.0 Å². The van der Waals surface area contributed by atoms with Crippen LogP contribution >= 0.6 is 23.6 Å². The Morgan fingerprint density at radius 2 is 1.97 bits per heavy atom. The lowest BCUT2D eigenvalue weighted by Gasteiger charge is -2.12. The van der Waals surface area contributed by atoms with E-state index in [1.54, 1.807) is 24.5 Å². The molecule has 0 fully saturated rings. The third kappa shape index (κ3) is 5.78. The van der Waals surface area contributed by atoms with Crippen molar-refractivity contribution in [3.63, 3.8) is 0 Å². The number of hydrogen-bond donors (Lipinski definition) is 2. The van der Waals surface area contributed by atoms with E-state index >= 15 is 0 Å². The lowest BCUT2D eigenvalue weighted by Crippen LogP contribution is -2.34. The molecular weight excluding hydrogens is 493 g/mol. The van der Waals surface area contributed by atoms with Gasteiger partial charge in [-0.15, -0.1) is 11.3 Å². The summed E-state index contributed by atoms with van der Waals surface area (Å²) in [5, 5.41) is 5.13. The first kappa shape index (κ1) is 24.2. The van der Waals surface area contributed by atoms with Crippen LogP contribution in [0.25, 0.3) is 20.9 Å². The van der Waals surface area contributed by atoms with Crippen LogP contribution in [0.5, 0.6) is 11.5 Å². The van der Waals surface area contributed by atoms with Crippen molar-refractivity contribution in [1.82, 2.24) is 19.9 Å². The Kier molecular flexibility index (Phi) is 7.32. The largest absolute Gasteiger partial charge is 0.469 e. The molecule has 1 amide bonds. The standard InChI is InChI=1S/C23H20FN5O4S2/c1-29-10-9-26-22(29)18-12-15-21(35-18)17(7-8-25-15)33-16-4-3-13(11-14(16)24)27-23(34)28-19(30)5-6-20(31)32-2/h3-4,7-12H,5-6H2,1-2H3,(H2,27,28,30,34). The summed E-state index contributed by atoms with van der Waals surface area (Å²) in [6.07, 6.45) is 5.02. The normalized spacial score (nSPS) is 10.7. The SMILES string of the molecule is COC(=O)CCC(=O)NC(=S)Nc1ccc(Oc2ccnc3cc(-c4nccn4C)sc23)c(F)c1. The summed E-state index contributed by atoms with van der Waals surface area (Å²) in [4.78, 5) is 32.6. The van der Waals surface area contributed by atoms with Crippen LogP contribution in [0.2, 0.25) is 0 Å². The van der Waals surface area contributed by atoms with Gasteiger partial charge < -0.3 is 24.7 Å². The van der Waals surface area contributed by atoms with Gasteiger partial charge in [0.05, 0.1) is 28.6 Å². The molecule has 0 spiro atoms. The number of nitrogens with zero attached hydrogens (tertiary/aromatic N) is 3. The number of rotatable bonds is 7. The van der Waals surface area contributed by atoms with Crippen molar-refractivity contribution in [2.45, 2.75) is 12.8 Å². The van der Waals surface area contributed by atoms with E-state index in [1.165, 1.54) is 30.6 Å². The quantitative estimate of drug-likeness (QED) is 0.277. The number of pyridine rings is 1. The number of imidazole rings is 1. The van der Waals surface area contributed by atoms with Crippen LogP contribution in [-0.2, 0) is 21.4 Å². The average molecular weight is 514 g/mol. The van der Waals surface area contributed by atoms with Crippen molar-refractivity contribution in [3.8, 4) is 22.2 Å². The first-order chi connectivity index (χ1) is 16.8. The molecule has 0 saturated carbocycles. The Balaban J connectivity index is 1.44. The molecular formula is C23H20FN5O4S2. The Hall–Kier alpha value is -3.90. The van der Waals surface area contributed by atoms with Gasteiger partial charge in [-0.3, -0.25) is 14.6 Å². The molecule has 12 heteroatoms. The molecule has 0 atom stereocenters. The Morgan fingerprint density at radius 3 is 2.69 bits per heavy atom. The van der Waals surface area contributed by atoms with Gasteiger partial charge in [0, 0.05) is 49.9 Å². The molecule has 0 aliphatic carbocycles. The van der Waals surface area contributed by atoms with Gasteiger partial charge in [-0.2, -0.15) is 0 Å². The van der Waals surface area contributed by atoms with Crippen LogP contribution in [-0.4, -0.2) is 38.6 Å². The first-order valence-corrected chi connectivity index (χ1v) is 11.6. The van der Waals surface area contributed by atoms with Gasteiger partial charge in [-0.25, -0.2) is 9.37 Å². The molecule has 3 heterocycles. The fraction of sp³-hybridized carbons (Fsp3) is 0.174. The number of methoxy groups -OCH3 is 1. The van der Waals surface area contributed by atoms with Crippen LogP contribution in [0.3, 0.4) is 0 Å². The number of thiophene rings is 1. The molecule has 0 aliphatic heterocycles. The van der Waals surface area contributed by atoms with Gasteiger partial charge in [-0.05, 0) is 30.4 Å². The summed E-state index contributed by atoms with van der Waals surface area (Å²) in [7, 11) is 3.15. The number of carbonyl (C=O) groups excluding carboxylic acids is 2. The minimum absolute atomic E-state index is 0.0167. The van der Waals surface area contributed by atoms with E-state index in [4.69, 9.17) is 17.0 Å². The highest BCUT2D eigenvalue weighted by Crippen LogP contribution is 2.39. The van der Waals surface area contributed by atoms with Crippen LogP contribution in [0.15, 0.2) is 48.9 Å².